The molecule has 2 aromatic rings. The highest BCUT2D eigenvalue weighted by atomic mass is 79.9. The zero-order chi connectivity index (χ0) is 14.7. The lowest BCUT2D eigenvalue weighted by molar-refractivity contribution is -0.384. The quantitative estimate of drug-likeness (QED) is 0.443. The van der Waals surface area contributed by atoms with Crippen molar-refractivity contribution in [3.8, 4) is 0 Å². The highest BCUT2D eigenvalue weighted by Crippen LogP contribution is 2.28. The van der Waals surface area contributed by atoms with E-state index in [0.717, 1.165) is 6.20 Å². The van der Waals surface area contributed by atoms with Crippen LogP contribution in [0.2, 0.25) is 0 Å². The number of nitrogens with one attached hydrogen (secondary N) is 2. The minimum absolute atomic E-state index is 0.0316. The van der Waals surface area contributed by atoms with Gasteiger partial charge in [0.05, 0.1) is 10.6 Å². The molecule has 0 bridgehead atoms. The number of nitrogens with two attached hydrogens (primary N) is 1. The molecule has 1 heterocycles. The molecule has 2 rings (SSSR count). The lowest BCUT2D eigenvalue weighted by atomic mass is 10.3. The molecule has 0 aliphatic heterocycles. The third kappa shape index (κ3) is 2.97. The van der Waals surface area contributed by atoms with Crippen LogP contribution in [0.1, 0.15) is 0 Å². The molecule has 0 spiro atoms. The van der Waals surface area contributed by atoms with E-state index in [-0.39, 0.29) is 17.5 Å². The van der Waals surface area contributed by atoms with Gasteiger partial charge in [0.15, 0.2) is 0 Å². The highest BCUT2D eigenvalue weighted by molar-refractivity contribution is 9.10. The summed E-state index contributed by atoms with van der Waals surface area (Å²) in [4.78, 5) is 17.6. The molecule has 8 nitrogen and oxygen atoms in total. The van der Waals surface area contributed by atoms with Crippen molar-refractivity contribution >= 4 is 39.1 Å². The van der Waals surface area contributed by atoms with Crippen molar-refractivity contribution in [1.82, 2.24) is 9.97 Å². The van der Waals surface area contributed by atoms with E-state index in [0.29, 0.717) is 4.47 Å². The second-order valence-corrected chi connectivity index (χ2v) is 4.49. The van der Waals surface area contributed by atoms with Crippen molar-refractivity contribution in [2.45, 2.75) is 0 Å². The summed E-state index contributed by atoms with van der Waals surface area (Å²) in [5, 5.41) is 13.4. The lowest BCUT2D eigenvalue weighted by Gasteiger charge is -2.08. The first kappa shape index (κ1) is 14.1. The van der Waals surface area contributed by atoms with Gasteiger partial charge in [-0.15, -0.1) is 0 Å². The number of anilines is 3. The number of hydrogen-bond donors (Lipinski definition) is 3. The van der Waals surface area contributed by atoms with Gasteiger partial charge in [0.2, 0.25) is 11.8 Å². The Hall–Kier alpha value is -2.33. The van der Waals surface area contributed by atoms with Gasteiger partial charge in [0.25, 0.3) is 0 Å². The van der Waals surface area contributed by atoms with E-state index in [4.69, 9.17) is 5.84 Å². The topological polar surface area (TPSA) is 119 Å². The first-order chi connectivity index (χ1) is 9.51. The first-order valence-corrected chi connectivity index (χ1v) is 6.00. The van der Waals surface area contributed by atoms with Crippen LogP contribution in [-0.2, 0) is 0 Å². The normalized spacial score (nSPS) is 10.2. The molecule has 4 N–H and O–H groups in total. The van der Waals surface area contributed by atoms with Crippen LogP contribution in [0.15, 0.2) is 28.9 Å². The molecule has 1 aromatic heterocycles. The van der Waals surface area contributed by atoms with E-state index in [1.54, 1.807) is 0 Å². The smallest absolute Gasteiger partial charge is 0.329 e. The third-order valence-electron chi connectivity index (χ3n) is 2.28. The fourth-order valence-electron chi connectivity index (χ4n) is 1.39. The molecule has 0 aliphatic rings. The molecule has 1 aromatic carbocycles. The Bertz CT molecular complexity index is 668. The van der Waals surface area contributed by atoms with E-state index in [1.807, 2.05) is 0 Å². The average molecular weight is 343 g/mol. The summed E-state index contributed by atoms with van der Waals surface area (Å²) < 4.78 is 14.2. The van der Waals surface area contributed by atoms with Gasteiger partial charge in [-0.25, -0.2) is 15.2 Å². The molecular weight excluding hydrogens is 335 g/mol. The van der Waals surface area contributed by atoms with E-state index in [9.17, 15) is 14.5 Å². The Morgan fingerprint density at radius 2 is 2.20 bits per heavy atom. The molecular formula is C10H8BrFN6O2. The number of aromatic nitrogens is 2. The van der Waals surface area contributed by atoms with Crippen molar-refractivity contribution < 1.29 is 9.31 Å². The minimum Gasteiger partial charge on any atom is -0.332 e. The summed E-state index contributed by atoms with van der Waals surface area (Å²) in [6.07, 6.45) is 0.973. The van der Waals surface area contributed by atoms with Crippen molar-refractivity contribution in [3.05, 3.63) is 44.8 Å². The molecule has 0 amide bonds. The van der Waals surface area contributed by atoms with Gasteiger partial charge in [-0.2, -0.15) is 4.98 Å². The van der Waals surface area contributed by atoms with Gasteiger partial charge in [0, 0.05) is 4.47 Å². The van der Waals surface area contributed by atoms with Crippen molar-refractivity contribution in [2.24, 2.45) is 5.84 Å². The van der Waals surface area contributed by atoms with E-state index < -0.39 is 16.4 Å². The average Bonchev–Trinajstić information content (AvgIpc) is 2.42. The summed E-state index contributed by atoms with van der Waals surface area (Å²) >= 11 is 3.18. The van der Waals surface area contributed by atoms with Gasteiger partial charge in [-0.05, 0) is 18.2 Å². The molecule has 0 radical (unpaired) electrons. The van der Waals surface area contributed by atoms with Crippen LogP contribution in [0.5, 0.6) is 0 Å². The predicted octanol–water partition coefficient (Wildman–Crippen LogP) is 2.32. The number of nitro groups is 1. The third-order valence-corrected chi connectivity index (χ3v) is 2.77. The molecule has 104 valence electrons. The first-order valence-electron chi connectivity index (χ1n) is 5.21. The van der Waals surface area contributed by atoms with Crippen molar-refractivity contribution in [2.75, 3.05) is 10.7 Å². The Balaban J connectivity index is 2.45. The number of halogens is 2. The van der Waals surface area contributed by atoms with E-state index in [2.05, 4.69) is 36.6 Å². The molecule has 0 atom stereocenters. The maximum Gasteiger partial charge on any atom is 0.329 e. The van der Waals surface area contributed by atoms with E-state index in [1.165, 1.54) is 18.2 Å². The number of nitrogens with zero attached hydrogens (tertiary/aromatic N) is 3. The van der Waals surface area contributed by atoms with Crippen LogP contribution in [0.25, 0.3) is 0 Å². The summed E-state index contributed by atoms with van der Waals surface area (Å²) in [6, 6.07) is 4.14. The maximum absolute atomic E-state index is 13.6. The minimum atomic E-state index is -0.682. The van der Waals surface area contributed by atoms with Crippen LogP contribution in [0, 0.1) is 15.9 Å². The van der Waals surface area contributed by atoms with Crippen molar-refractivity contribution in [1.29, 1.82) is 0 Å². The second-order valence-electron chi connectivity index (χ2n) is 3.58. The van der Waals surface area contributed by atoms with Crippen LogP contribution in [0.4, 0.5) is 27.5 Å². The highest BCUT2D eigenvalue weighted by Gasteiger charge is 2.18. The van der Waals surface area contributed by atoms with E-state index >= 15 is 0 Å². The summed E-state index contributed by atoms with van der Waals surface area (Å²) in [7, 11) is 0. The largest absolute Gasteiger partial charge is 0.332 e. The predicted molar refractivity (Wildman–Crippen MR) is 73.9 cm³/mol. The number of hydrogen-bond acceptors (Lipinski definition) is 7. The monoisotopic (exact) mass is 342 g/mol. The number of nitrogen functional groups attached to an aromatic ring is 1. The standard InChI is InChI=1S/C10H8BrFN6O2/c11-5-1-2-6(12)7(3-5)15-9-8(18(19)20)4-14-10(16-9)17-13/h1-4H,13H2,(H2,14,15,16,17). The van der Waals surface area contributed by atoms with Crippen LogP contribution in [-0.4, -0.2) is 14.9 Å². The van der Waals surface area contributed by atoms with Crippen LogP contribution < -0.4 is 16.6 Å². The van der Waals surface area contributed by atoms with Gasteiger partial charge in [0.1, 0.15) is 12.0 Å². The molecule has 0 unspecified atom stereocenters. The van der Waals surface area contributed by atoms with Gasteiger partial charge in [-0.3, -0.25) is 15.5 Å². The molecule has 0 saturated heterocycles. The number of hydrazine groups is 1. The maximum atomic E-state index is 13.6. The van der Waals surface area contributed by atoms with Gasteiger partial charge >= 0.3 is 5.69 Å². The molecule has 0 saturated carbocycles. The lowest BCUT2D eigenvalue weighted by Crippen LogP contribution is -2.12. The van der Waals surface area contributed by atoms with Gasteiger partial charge < -0.3 is 5.32 Å². The Labute approximate surface area is 120 Å². The van der Waals surface area contributed by atoms with Gasteiger partial charge in [-0.1, -0.05) is 15.9 Å². The second kappa shape index (κ2) is 5.75. The molecule has 20 heavy (non-hydrogen) atoms. The zero-order valence-electron chi connectivity index (χ0n) is 9.80. The number of rotatable bonds is 4. The fourth-order valence-corrected chi connectivity index (χ4v) is 1.75. The molecule has 0 fully saturated rings. The Morgan fingerprint density at radius 3 is 2.85 bits per heavy atom. The SMILES string of the molecule is NNc1ncc([N+](=O)[O-])c(Nc2cc(Br)ccc2F)n1. The molecule has 10 heteroatoms. The summed E-state index contributed by atoms with van der Waals surface area (Å²) in [5.74, 6) is 4.35. The Kier molecular flexibility index (Phi) is 4.05. The van der Waals surface area contributed by atoms with Crippen LogP contribution in [0.3, 0.4) is 0 Å². The summed E-state index contributed by atoms with van der Waals surface area (Å²) in [6.45, 7) is 0. The summed E-state index contributed by atoms with van der Waals surface area (Å²) in [5.41, 5.74) is 1.79. The van der Waals surface area contributed by atoms with Crippen molar-refractivity contribution in [3.63, 3.8) is 0 Å². The molecule has 0 aliphatic carbocycles. The number of benzene rings is 1. The fraction of sp³-hybridized carbons (Fsp3) is 0. The Morgan fingerprint density at radius 1 is 1.45 bits per heavy atom. The zero-order valence-corrected chi connectivity index (χ0v) is 11.4. The van der Waals surface area contributed by atoms with Crippen LogP contribution >= 0.6 is 15.9 Å².